The molecule has 1 aromatic carbocycles. The summed E-state index contributed by atoms with van der Waals surface area (Å²) in [4.78, 5) is 13.5. The molecular weight excluding hydrogens is 312 g/mol. The van der Waals surface area contributed by atoms with Crippen molar-refractivity contribution >= 4 is 16.8 Å². The summed E-state index contributed by atoms with van der Waals surface area (Å²) in [7, 11) is 8.89. The minimum absolute atomic E-state index is 0.0449. The normalized spacial score (nSPS) is 31.4. The zero-order valence-corrected chi connectivity index (χ0v) is 16.0. The molecule has 2 aliphatic rings. The van der Waals surface area contributed by atoms with Crippen molar-refractivity contribution in [2.45, 2.75) is 50.2 Å². The monoisotopic (exact) mass is 342 g/mol. The maximum absolute atomic E-state index is 13.5. The number of nitrogens with one attached hydrogen (secondary N) is 1. The Kier molecular flexibility index (Phi) is 3.44. The lowest BCUT2D eigenvalue weighted by Crippen LogP contribution is -2.69. The molecular formula is C20H30N4O+2. The van der Waals surface area contributed by atoms with Crippen LogP contribution in [0.2, 0.25) is 0 Å². The van der Waals surface area contributed by atoms with Gasteiger partial charge < -0.3 is 4.48 Å². The van der Waals surface area contributed by atoms with Crippen molar-refractivity contribution < 1.29 is 13.8 Å². The summed E-state index contributed by atoms with van der Waals surface area (Å²) in [6.45, 7) is 2.31. The van der Waals surface area contributed by atoms with Crippen LogP contribution in [-0.4, -0.2) is 70.9 Å². The first kappa shape index (κ1) is 16.7. The minimum Gasteiger partial charge on any atom is -0.323 e. The highest BCUT2D eigenvalue weighted by atomic mass is 16.2. The quantitative estimate of drug-likeness (QED) is 0.853. The van der Waals surface area contributed by atoms with Crippen LogP contribution >= 0.6 is 0 Å². The second-order valence-corrected chi connectivity index (χ2v) is 9.30. The molecule has 5 heteroatoms. The summed E-state index contributed by atoms with van der Waals surface area (Å²) >= 11 is 0. The van der Waals surface area contributed by atoms with Crippen LogP contribution in [0.25, 0.3) is 10.9 Å². The van der Waals surface area contributed by atoms with E-state index in [-0.39, 0.29) is 11.4 Å². The van der Waals surface area contributed by atoms with Crippen LogP contribution in [0.4, 0.5) is 0 Å². The van der Waals surface area contributed by atoms with Crippen molar-refractivity contribution in [2.75, 3.05) is 28.2 Å². The number of H-pyrrole nitrogens is 1. The number of carbonyl (C=O) groups excluding carboxylic acids is 1. The fourth-order valence-electron chi connectivity index (χ4n) is 5.21. The lowest BCUT2D eigenvalue weighted by Gasteiger charge is -2.53. The van der Waals surface area contributed by atoms with Gasteiger partial charge in [-0.05, 0) is 13.0 Å². The van der Waals surface area contributed by atoms with E-state index in [1.165, 1.54) is 12.8 Å². The molecule has 3 heterocycles. The van der Waals surface area contributed by atoms with Gasteiger partial charge in [-0.25, -0.2) is 4.79 Å². The molecule has 2 unspecified atom stereocenters. The fourth-order valence-corrected chi connectivity index (χ4v) is 5.21. The topological polar surface area (TPSA) is 45.8 Å². The van der Waals surface area contributed by atoms with Crippen LogP contribution in [0, 0.1) is 0 Å². The van der Waals surface area contributed by atoms with Crippen molar-refractivity contribution in [1.82, 2.24) is 10.2 Å². The first-order chi connectivity index (χ1) is 11.7. The average Bonchev–Trinajstić information content (AvgIpc) is 3.02. The van der Waals surface area contributed by atoms with E-state index in [2.05, 4.69) is 45.3 Å². The maximum Gasteiger partial charge on any atom is 0.366 e. The Hall–Kier alpha value is -1.72. The summed E-state index contributed by atoms with van der Waals surface area (Å²) in [5, 5.41) is 8.32. The molecule has 4 rings (SSSR count). The summed E-state index contributed by atoms with van der Waals surface area (Å²) in [6, 6.07) is 9.21. The van der Waals surface area contributed by atoms with Gasteiger partial charge in [0.1, 0.15) is 5.54 Å². The van der Waals surface area contributed by atoms with Gasteiger partial charge in [0, 0.05) is 18.2 Å². The second kappa shape index (κ2) is 5.15. The number of hydrogen-bond donors (Lipinski definition) is 1. The Bertz CT molecular complexity index is 819. The van der Waals surface area contributed by atoms with Crippen LogP contribution in [0.3, 0.4) is 0 Å². The molecule has 0 radical (unpaired) electrons. The van der Waals surface area contributed by atoms with Gasteiger partial charge in [0.15, 0.2) is 5.69 Å². The number of hydrogen-bond acceptors (Lipinski definition) is 2. The van der Waals surface area contributed by atoms with Crippen molar-refractivity contribution in [3.8, 4) is 0 Å². The van der Waals surface area contributed by atoms with Crippen molar-refractivity contribution in [2.24, 2.45) is 0 Å². The number of fused-ring (bicyclic) bond motifs is 3. The number of aromatic amines is 1. The van der Waals surface area contributed by atoms with Crippen LogP contribution < -0.4 is 0 Å². The van der Waals surface area contributed by atoms with E-state index in [9.17, 15) is 4.79 Å². The van der Waals surface area contributed by atoms with Crippen molar-refractivity contribution in [3.63, 3.8) is 0 Å². The number of amides is 1. The largest absolute Gasteiger partial charge is 0.366 e. The molecule has 2 aliphatic heterocycles. The van der Waals surface area contributed by atoms with Gasteiger partial charge in [-0.3, -0.25) is 9.58 Å². The molecule has 0 saturated carbocycles. The van der Waals surface area contributed by atoms with Crippen molar-refractivity contribution in [3.05, 3.63) is 30.0 Å². The molecule has 1 amide bonds. The van der Waals surface area contributed by atoms with E-state index < -0.39 is 0 Å². The first-order valence-corrected chi connectivity index (χ1v) is 9.32. The molecule has 2 saturated heterocycles. The standard InChI is InChI=1S/C20H29N4O/c1-20(12-14-10-11-15(13-20)23(14,2)3)24(4,5)19(25)18-16-8-6-7-9-17(16)21-22-18/h6-9,14-15H,10-13H2,1-5H3/q+1/p+1. The molecule has 2 aromatic rings. The first-order valence-electron chi connectivity index (χ1n) is 9.32. The Morgan fingerprint density at radius 2 is 1.80 bits per heavy atom. The van der Waals surface area contributed by atoms with Gasteiger partial charge in [-0.1, -0.05) is 18.2 Å². The zero-order chi connectivity index (χ0) is 18.0. The van der Waals surface area contributed by atoms with Gasteiger partial charge in [0.05, 0.1) is 58.6 Å². The Balaban J connectivity index is 1.71. The lowest BCUT2D eigenvalue weighted by molar-refractivity contribution is -0.955. The molecule has 2 fully saturated rings. The van der Waals surface area contributed by atoms with Gasteiger partial charge >= 0.3 is 5.91 Å². The number of quaternary nitrogens is 2. The molecule has 2 atom stereocenters. The van der Waals surface area contributed by atoms with Crippen LogP contribution in [0.5, 0.6) is 0 Å². The number of para-hydroxylation sites is 1. The molecule has 1 N–H and O–H groups in total. The third-order valence-electron chi connectivity index (χ3n) is 7.60. The summed E-state index contributed by atoms with van der Waals surface area (Å²) in [5.74, 6) is 0.117. The lowest BCUT2D eigenvalue weighted by atomic mass is 9.80. The number of piperidine rings is 1. The maximum atomic E-state index is 13.5. The number of carbonyl (C=O) groups is 1. The highest BCUT2D eigenvalue weighted by Gasteiger charge is 2.61. The summed E-state index contributed by atoms with van der Waals surface area (Å²) < 4.78 is 1.49. The average molecular weight is 342 g/mol. The van der Waals surface area contributed by atoms with E-state index in [4.69, 9.17) is 0 Å². The smallest absolute Gasteiger partial charge is 0.323 e. The zero-order valence-electron chi connectivity index (χ0n) is 16.0. The van der Waals surface area contributed by atoms with E-state index in [1.807, 2.05) is 24.3 Å². The van der Waals surface area contributed by atoms with E-state index in [1.54, 1.807) is 0 Å². The third-order valence-corrected chi connectivity index (χ3v) is 7.60. The van der Waals surface area contributed by atoms with Crippen molar-refractivity contribution in [1.29, 1.82) is 0 Å². The predicted octanol–water partition coefficient (Wildman–Crippen LogP) is 2.94. The van der Waals surface area contributed by atoms with Crippen LogP contribution in [0.15, 0.2) is 24.3 Å². The van der Waals surface area contributed by atoms with E-state index in [0.717, 1.165) is 28.2 Å². The molecule has 2 bridgehead atoms. The molecule has 0 spiro atoms. The van der Waals surface area contributed by atoms with Crippen LogP contribution in [0.1, 0.15) is 43.1 Å². The van der Waals surface area contributed by atoms with Gasteiger partial charge in [0.2, 0.25) is 0 Å². The number of aromatic nitrogens is 2. The molecule has 25 heavy (non-hydrogen) atoms. The summed E-state index contributed by atoms with van der Waals surface area (Å²) in [5.41, 5.74) is 1.46. The van der Waals surface area contributed by atoms with Gasteiger partial charge in [0.25, 0.3) is 0 Å². The molecule has 5 nitrogen and oxygen atoms in total. The Morgan fingerprint density at radius 1 is 1.20 bits per heavy atom. The van der Waals surface area contributed by atoms with Gasteiger partial charge in [-0.15, -0.1) is 0 Å². The van der Waals surface area contributed by atoms with E-state index in [0.29, 0.717) is 22.3 Å². The fraction of sp³-hybridized carbons (Fsp3) is 0.600. The number of rotatable bonds is 2. The highest BCUT2D eigenvalue weighted by molar-refractivity contribution is 6.01. The number of benzene rings is 1. The van der Waals surface area contributed by atoms with Crippen LogP contribution in [-0.2, 0) is 0 Å². The molecule has 1 aromatic heterocycles. The number of nitrogens with zero attached hydrogens (tertiary/aromatic N) is 3. The van der Waals surface area contributed by atoms with E-state index >= 15 is 0 Å². The highest BCUT2D eigenvalue weighted by Crippen LogP contribution is 2.48. The minimum atomic E-state index is -0.0449. The molecule has 134 valence electrons. The van der Waals surface area contributed by atoms with Gasteiger partial charge in [-0.2, -0.15) is 5.10 Å². The predicted molar refractivity (Wildman–Crippen MR) is 99.1 cm³/mol. The SMILES string of the molecule is CC1([N+](C)(C)C(=O)c2n[nH]c3ccccc23)CC2CCC(C1)[N+]2(C)C. The Labute approximate surface area is 149 Å². The summed E-state index contributed by atoms with van der Waals surface area (Å²) in [6.07, 6.45) is 4.76. The molecule has 0 aliphatic carbocycles. The Morgan fingerprint density at radius 3 is 2.44 bits per heavy atom. The second-order valence-electron chi connectivity index (χ2n) is 9.30. The third kappa shape index (κ3) is 2.22.